The minimum atomic E-state index is 0.420. The van der Waals surface area contributed by atoms with Gasteiger partial charge < -0.3 is 10.2 Å². The number of hydrogen-bond donors (Lipinski definition) is 1. The summed E-state index contributed by atoms with van der Waals surface area (Å²) < 4.78 is 0. The van der Waals surface area contributed by atoms with Crippen LogP contribution in [0.1, 0.15) is 25.8 Å². The summed E-state index contributed by atoms with van der Waals surface area (Å²) in [4.78, 5) is 6.65. The van der Waals surface area contributed by atoms with E-state index < -0.39 is 0 Å². The quantitative estimate of drug-likeness (QED) is 0.745. The van der Waals surface area contributed by atoms with E-state index in [0.29, 0.717) is 6.04 Å². The van der Waals surface area contributed by atoms with Crippen LogP contribution in [0.5, 0.6) is 0 Å². The molecule has 0 fully saturated rings. The molecule has 108 valence electrons. The van der Waals surface area contributed by atoms with Crippen LogP contribution in [-0.2, 0) is 6.54 Å². The van der Waals surface area contributed by atoms with E-state index in [9.17, 15) is 0 Å². The van der Waals surface area contributed by atoms with E-state index in [1.165, 1.54) is 0 Å². The highest BCUT2D eigenvalue weighted by Crippen LogP contribution is 2.25. The lowest BCUT2D eigenvalue weighted by Gasteiger charge is -2.26. The maximum absolute atomic E-state index is 6.34. The van der Waals surface area contributed by atoms with Gasteiger partial charge in [-0.2, -0.15) is 11.8 Å². The molecule has 0 saturated carbocycles. The maximum Gasteiger partial charge on any atom is 0.147 e. The van der Waals surface area contributed by atoms with Crippen LogP contribution in [0.4, 0.5) is 5.82 Å². The lowest BCUT2D eigenvalue weighted by molar-refractivity contribution is 0.673. The fraction of sp³-hybridized carbons (Fsp3) is 0.643. The molecule has 1 heterocycles. The van der Waals surface area contributed by atoms with Gasteiger partial charge in [-0.1, -0.05) is 18.5 Å². The van der Waals surface area contributed by atoms with Crippen molar-refractivity contribution in [2.45, 2.75) is 32.9 Å². The maximum atomic E-state index is 6.34. The van der Waals surface area contributed by atoms with Gasteiger partial charge in [0.1, 0.15) is 5.82 Å². The Morgan fingerprint density at radius 3 is 2.84 bits per heavy atom. The van der Waals surface area contributed by atoms with Gasteiger partial charge in [0, 0.05) is 31.6 Å². The van der Waals surface area contributed by atoms with Crippen LogP contribution in [0.15, 0.2) is 12.3 Å². The second-order valence-electron chi connectivity index (χ2n) is 4.74. The molecule has 0 radical (unpaired) electrons. The smallest absolute Gasteiger partial charge is 0.147 e. The summed E-state index contributed by atoms with van der Waals surface area (Å²) in [7, 11) is 2.05. The molecule has 3 nitrogen and oxygen atoms in total. The molecule has 0 amide bonds. The van der Waals surface area contributed by atoms with Crippen LogP contribution < -0.4 is 10.2 Å². The summed E-state index contributed by atoms with van der Waals surface area (Å²) in [6.45, 7) is 6.18. The fourth-order valence-electron chi connectivity index (χ4n) is 1.80. The van der Waals surface area contributed by atoms with Gasteiger partial charge >= 0.3 is 0 Å². The molecule has 1 unspecified atom stereocenters. The zero-order chi connectivity index (χ0) is 14.3. The van der Waals surface area contributed by atoms with Gasteiger partial charge in [0.25, 0.3) is 0 Å². The minimum absolute atomic E-state index is 0.420. The SMILES string of the molecule is CCCNCc1cnc(N(C)C(C)CSC)c(Cl)c1. The molecule has 0 bridgehead atoms. The van der Waals surface area contributed by atoms with Crippen molar-refractivity contribution in [3.63, 3.8) is 0 Å². The first-order valence-corrected chi connectivity index (χ1v) is 8.44. The molecular weight excluding hydrogens is 278 g/mol. The monoisotopic (exact) mass is 301 g/mol. The number of halogens is 1. The second-order valence-corrected chi connectivity index (χ2v) is 6.06. The Kier molecular flexibility index (Phi) is 7.57. The highest BCUT2D eigenvalue weighted by atomic mass is 35.5. The highest BCUT2D eigenvalue weighted by molar-refractivity contribution is 7.98. The zero-order valence-corrected chi connectivity index (χ0v) is 13.8. The van der Waals surface area contributed by atoms with Crippen molar-refractivity contribution < 1.29 is 0 Å². The number of aromatic nitrogens is 1. The van der Waals surface area contributed by atoms with Gasteiger partial charge in [-0.05, 0) is 37.8 Å². The number of hydrogen-bond acceptors (Lipinski definition) is 4. The third kappa shape index (κ3) is 5.21. The average Bonchev–Trinajstić information content (AvgIpc) is 2.39. The van der Waals surface area contributed by atoms with Crippen LogP contribution in [0.3, 0.4) is 0 Å². The molecule has 0 spiro atoms. The van der Waals surface area contributed by atoms with E-state index in [-0.39, 0.29) is 0 Å². The largest absolute Gasteiger partial charge is 0.355 e. The van der Waals surface area contributed by atoms with Crippen molar-refractivity contribution in [3.05, 3.63) is 22.8 Å². The molecule has 1 N–H and O–H groups in total. The molecule has 19 heavy (non-hydrogen) atoms. The van der Waals surface area contributed by atoms with Crippen LogP contribution in [-0.4, -0.2) is 36.6 Å². The van der Waals surface area contributed by atoms with Gasteiger partial charge in [-0.25, -0.2) is 4.98 Å². The number of rotatable bonds is 8. The molecule has 0 saturated heterocycles. The fourth-order valence-corrected chi connectivity index (χ4v) is 2.83. The number of thioether (sulfide) groups is 1. The van der Waals surface area contributed by atoms with Gasteiger partial charge in [0.2, 0.25) is 0 Å². The lowest BCUT2D eigenvalue weighted by atomic mass is 10.2. The van der Waals surface area contributed by atoms with Crippen LogP contribution in [0.2, 0.25) is 5.02 Å². The molecule has 5 heteroatoms. The van der Waals surface area contributed by atoms with Crippen molar-refractivity contribution in [2.75, 3.05) is 30.5 Å². The summed E-state index contributed by atoms with van der Waals surface area (Å²) in [6.07, 6.45) is 5.15. The van der Waals surface area contributed by atoms with Crippen LogP contribution in [0.25, 0.3) is 0 Å². The van der Waals surface area contributed by atoms with Crippen molar-refractivity contribution in [3.8, 4) is 0 Å². The third-order valence-corrected chi connectivity index (χ3v) is 4.13. The summed E-state index contributed by atoms with van der Waals surface area (Å²) in [6, 6.07) is 2.43. The molecule has 1 aromatic heterocycles. The molecule has 1 aromatic rings. The van der Waals surface area contributed by atoms with E-state index in [2.05, 4.69) is 35.3 Å². The van der Waals surface area contributed by atoms with E-state index >= 15 is 0 Å². The Bertz CT molecular complexity index is 387. The molecular formula is C14H24ClN3S. The standard InChI is InChI=1S/C14H24ClN3S/c1-5-6-16-8-12-7-13(15)14(17-9-12)18(3)11(2)10-19-4/h7,9,11,16H,5-6,8,10H2,1-4H3. The first kappa shape index (κ1) is 16.6. The molecule has 1 rings (SSSR count). The van der Waals surface area contributed by atoms with E-state index in [1.54, 1.807) is 0 Å². The van der Waals surface area contributed by atoms with Crippen molar-refractivity contribution in [1.82, 2.24) is 10.3 Å². The Morgan fingerprint density at radius 2 is 2.26 bits per heavy atom. The normalized spacial score (nSPS) is 12.5. The topological polar surface area (TPSA) is 28.2 Å². The second kappa shape index (κ2) is 8.67. The first-order chi connectivity index (χ1) is 9.10. The lowest BCUT2D eigenvalue weighted by Crippen LogP contribution is -2.31. The molecule has 0 aliphatic carbocycles. The average molecular weight is 302 g/mol. The number of nitrogens with one attached hydrogen (secondary N) is 1. The molecule has 0 aromatic carbocycles. The summed E-state index contributed by atoms with van der Waals surface area (Å²) in [5.74, 6) is 1.93. The third-order valence-electron chi connectivity index (χ3n) is 3.04. The van der Waals surface area contributed by atoms with Crippen LogP contribution >= 0.6 is 23.4 Å². The van der Waals surface area contributed by atoms with Gasteiger partial charge in [-0.3, -0.25) is 0 Å². The Hall–Kier alpha value is -0.450. The Balaban J connectivity index is 2.70. The number of pyridine rings is 1. The first-order valence-electron chi connectivity index (χ1n) is 6.67. The summed E-state index contributed by atoms with van der Waals surface area (Å²) >= 11 is 8.18. The zero-order valence-electron chi connectivity index (χ0n) is 12.2. The predicted octanol–water partition coefficient (Wildman–Crippen LogP) is 3.42. The molecule has 0 aliphatic heterocycles. The van der Waals surface area contributed by atoms with E-state index in [4.69, 9.17) is 11.6 Å². The molecule has 1 atom stereocenters. The van der Waals surface area contributed by atoms with Crippen LogP contribution in [0, 0.1) is 0 Å². The summed E-state index contributed by atoms with van der Waals surface area (Å²) in [5.41, 5.74) is 1.13. The Morgan fingerprint density at radius 1 is 1.53 bits per heavy atom. The minimum Gasteiger partial charge on any atom is -0.355 e. The predicted molar refractivity (Wildman–Crippen MR) is 87.5 cm³/mol. The van der Waals surface area contributed by atoms with E-state index in [1.807, 2.05) is 31.1 Å². The van der Waals surface area contributed by atoms with Crippen molar-refractivity contribution in [2.24, 2.45) is 0 Å². The number of anilines is 1. The van der Waals surface area contributed by atoms with E-state index in [0.717, 1.165) is 41.7 Å². The van der Waals surface area contributed by atoms with Gasteiger partial charge in [-0.15, -0.1) is 0 Å². The number of nitrogens with zero attached hydrogens (tertiary/aromatic N) is 2. The van der Waals surface area contributed by atoms with Gasteiger partial charge in [0.15, 0.2) is 0 Å². The van der Waals surface area contributed by atoms with Crippen molar-refractivity contribution >= 4 is 29.2 Å². The van der Waals surface area contributed by atoms with Crippen molar-refractivity contribution in [1.29, 1.82) is 0 Å². The van der Waals surface area contributed by atoms with Gasteiger partial charge in [0.05, 0.1) is 5.02 Å². The molecule has 0 aliphatic rings. The highest BCUT2D eigenvalue weighted by Gasteiger charge is 2.14. The summed E-state index contributed by atoms with van der Waals surface area (Å²) in [5, 5.41) is 4.08. The Labute approximate surface area is 126 Å².